The molecule has 0 amide bonds. The van der Waals surface area contributed by atoms with E-state index in [4.69, 9.17) is 4.84 Å². The van der Waals surface area contributed by atoms with E-state index >= 15 is 0 Å². The summed E-state index contributed by atoms with van der Waals surface area (Å²) < 4.78 is 0. The van der Waals surface area contributed by atoms with Crippen LogP contribution in [0.1, 0.15) is 29.8 Å². The monoisotopic (exact) mass is 269 g/mol. The van der Waals surface area contributed by atoms with Gasteiger partial charge in [0.15, 0.2) is 5.78 Å². The number of rotatable bonds is 2. The van der Waals surface area contributed by atoms with Gasteiger partial charge in [-0.25, -0.2) is 4.79 Å². The second kappa shape index (κ2) is 5.65. The van der Waals surface area contributed by atoms with Crippen LogP contribution in [0.5, 0.6) is 0 Å². The third-order valence-corrected chi connectivity index (χ3v) is 3.22. The van der Waals surface area contributed by atoms with Gasteiger partial charge in [-0.05, 0) is 50.6 Å². The van der Waals surface area contributed by atoms with Crippen molar-refractivity contribution in [1.82, 2.24) is 0 Å². The number of hydrogen-bond acceptors (Lipinski definition) is 4. The average Bonchev–Trinajstić information content (AvgIpc) is 2.44. The summed E-state index contributed by atoms with van der Waals surface area (Å²) in [5.41, 5.74) is 3.32. The Labute approximate surface area is 117 Å². The molecule has 4 heteroatoms. The van der Waals surface area contributed by atoms with Crippen molar-refractivity contribution in [2.45, 2.75) is 20.8 Å². The first kappa shape index (κ1) is 13.9. The van der Waals surface area contributed by atoms with Crippen LogP contribution in [0.15, 0.2) is 52.7 Å². The molecule has 0 fully saturated rings. The van der Waals surface area contributed by atoms with E-state index in [1.807, 2.05) is 19.1 Å². The Morgan fingerprint density at radius 1 is 1.00 bits per heavy atom. The van der Waals surface area contributed by atoms with Crippen molar-refractivity contribution >= 4 is 17.5 Å². The van der Waals surface area contributed by atoms with Crippen LogP contribution in [0, 0.1) is 6.92 Å². The number of allylic oxidation sites excluding steroid dienone is 4. The normalized spacial score (nSPS) is 16.8. The molecule has 0 heterocycles. The first-order chi connectivity index (χ1) is 9.49. The fraction of sp³-hybridized carbons (Fsp3) is 0.188. The smallest absolute Gasteiger partial charge is 0.312 e. The van der Waals surface area contributed by atoms with Crippen molar-refractivity contribution in [2.24, 2.45) is 5.16 Å². The van der Waals surface area contributed by atoms with Gasteiger partial charge in [-0.2, -0.15) is 0 Å². The van der Waals surface area contributed by atoms with Gasteiger partial charge in [-0.15, -0.1) is 0 Å². The standard InChI is InChI=1S/C16H15NO3/c1-10-4-6-13(7-5-10)16(19)20-17-14-8-9-15(18)12(3)11(14)2/h4-9H,1-3H3/b17-14+. The Morgan fingerprint density at radius 2 is 1.65 bits per heavy atom. The van der Waals surface area contributed by atoms with E-state index in [1.165, 1.54) is 6.08 Å². The van der Waals surface area contributed by atoms with Crippen molar-refractivity contribution in [3.05, 3.63) is 58.7 Å². The number of benzene rings is 1. The van der Waals surface area contributed by atoms with Crippen molar-refractivity contribution in [3.63, 3.8) is 0 Å². The highest BCUT2D eigenvalue weighted by molar-refractivity contribution is 6.21. The third-order valence-electron chi connectivity index (χ3n) is 3.22. The first-order valence-corrected chi connectivity index (χ1v) is 6.25. The van der Waals surface area contributed by atoms with E-state index < -0.39 is 5.97 Å². The molecule has 102 valence electrons. The minimum Gasteiger partial charge on any atom is -0.312 e. The second-order valence-corrected chi connectivity index (χ2v) is 4.67. The maximum Gasteiger partial charge on any atom is 0.365 e. The van der Waals surface area contributed by atoms with Gasteiger partial charge in [0.2, 0.25) is 0 Å². The molecule has 0 spiro atoms. The van der Waals surface area contributed by atoms with Crippen LogP contribution >= 0.6 is 0 Å². The molecule has 0 saturated carbocycles. The maximum absolute atomic E-state index is 11.8. The predicted molar refractivity (Wildman–Crippen MR) is 76.6 cm³/mol. The predicted octanol–water partition coefficient (Wildman–Crippen LogP) is 2.98. The zero-order valence-corrected chi connectivity index (χ0v) is 11.6. The molecular weight excluding hydrogens is 254 g/mol. The largest absolute Gasteiger partial charge is 0.365 e. The van der Waals surface area contributed by atoms with Crippen molar-refractivity contribution in [1.29, 1.82) is 0 Å². The summed E-state index contributed by atoms with van der Waals surface area (Å²) in [7, 11) is 0. The molecule has 1 aromatic carbocycles. The minimum absolute atomic E-state index is 0.0497. The molecular formula is C16H15NO3. The molecule has 0 unspecified atom stereocenters. The lowest BCUT2D eigenvalue weighted by Gasteiger charge is -2.09. The van der Waals surface area contributed by atoms with Gasteiger partial charge in [0.05, 0.1) is 5.56 Å². The Kier molecular flexibility index (Phi) is 3.94. The van der Waals surface area contributed by atoms with Crippen LogP contribution in [-0.2, 0) is 9.63 Å². The summed E-state index contributed by atoms with van der Waals surface area (Å²) in [5, 5.41) is 3.82. The van der Waals surface area contributed by atoms with E-state index in [-0.39, 0.29) is 5.78 Å². The number of nitrogens with zero attached hydrogens (tertiary/aromatic N) is 1. The fourth-order valence-corrected chi connectivity index (χ4v) is 1.71. The number of carbonyl (C=O) groups is 2. The molecule has 0 aromatic heterocycles. The molecule has 0 bridgehead atoms. The third kappa shape index (κ3) is 2.91. The van der Waals surface area contributed by atoms with Gasteiger partial charge in [-0.3, -0.25) is 4.79 Å². The molecule has 1 aliphatic carbocycles. The highest BCUT2D eigenvalue weighted by Crippen LogP contribution is 2.14. The van der Waals surface area contributed by atoms with E-state index in [1.54, 1.807) is 32.1 Å². The quantitative estimate of drug-likeness (QED) is 0.471. The summed E-state index contributed by atoms with van der Waals surface area (Å²) in [6.07, 6.45) is 2.97. The molecule has 0 saturated heterocycles. The van der Waals surface area contributed by atoms with Gasteiger partial charge < -0.3 is 4.84 Å². The summed E-state index contributed by atoms with van der Waals surface area (Å²) in [4.78, 5) is 28.2. The molecule has 20 heavy (non-hydrogen) atoms. The fourth-order valence-electron chi connectivity index (χ4n) is 1.71. The van der Waals surface area contributed by atoms with E-state index in [9.17, 15) is 9.59 Å². The SMILES string of the molecule is CC1=C(C)/C(=N/OC(=O)c2ccc(C)cc2)C=CC1=O. The van der Waals surface area contributed by atoms with Gasteiger partial charge in [0.25, 0.3) is 0 Å². The van der Waals surface area contributed by atoms with Crippen molar-refractivity contribution in [3.8, 4) is 0 Å². The number of ketones is 1. The average molecular weight is 269 g/mol. The molecule has 0 atom stereocenters. The van der Waals surface area contributed by atoms with Crippen molar-refractivity contribution in [2.75, 3.05) is 0 Å². The lowest BCUT2D eigenvalue weighted by molar-refractivity contribution is -0.111. The summed E-state index contributed by atoms with van der Waals surface area (Å²) in [6.45, 7) is 5.43. The first-order valence-electron chi connectivity index (χ1n) is 6.25. The number of hydrogen-bond donors (Lipinski definition) is 0. The molecule has 1 aliphatic rings. The van der Waals surface area contributed by atoms with Crippen LogP contribution in [0.3, 0.4) is 0 Å². The van der Waals surface area contributed by atoms with Crippen LogP contribution in [0.2, 0.25) is 0 Å². The van der Waals surface area contributed by atoms with Crippen molar-refractivity contribution < 1.29 is 14.4 Å². The maximum atomic E-state index is 11.8. The molecule has 0 N–H and O–H groups in total. The van der Waals surface area contributed by atoms with Crippen LogP contribution in [-0.4, -0.2) is 17.5 Å². The van der Waals surface area contributed by atoms with E-state index in [0.717, 1.165) is 5.56 Å². The van der Waals surface area contributed by atoms with Crippen LogP contribution < -0.4 is 0 Å². The zero-order chi connectivity index (χ0) is 14.7. The highest BCUT2D eigenvalue weighted by atomic mass is 16.7. The summed E-state index contributed by atoms with van der Waals surface area (Å²) in [6, 6.07) is 7.04. The Bertz CT molecular complexity index is 649. The van der Waals surface area contributed by atoms with Gasteiger partial charge in [0.1, 0.15) is 5.71 Å². The minimum atomic E-state index is -0.520. The molecule has 0 radical (unpaired) electrons. The lowest BCUT2D eigenvalue weighted by atomic mass is 9.97. The van der Waals surface area contributed by atoms with Gasteiger partial charge >= 0.3 is 5.97 Å². The number of carbonyl (C=O) groups excluding carboxylic acids is 2. The Balaban J connectivity index is 2.14. The zero-order valence-electron chi connectivity index (χ0n) is 11.6. The number of aryl methyl sites for hydroxylation is 1. The molecule has 0 aliphatic heterocycles. The number of oxime groups is 1. The lowest BCUT2D eigenvalue weighted by Crippen LogP contribution is -2.12. The van der Waals surface area contributed by atoms with E-state index in [2.05, 4.69) is 5.16 Å². The summed E-state index contributed by atoms with van der Waals surface area (Å²) in [5.74, 6) is -0.570. The molecule has 4 nitrogen and oxygen atoms in total. The Hall–Kier alpha value is -2.49. The molecule has 2 rings (SSSR count). The van der Waals surface area contributed by atoms with E-state index in [0.29, 0.717) is 22.4 Å². The highest BCUT2D eigenvalue weighted by Gasteiger charge is 2.15. The summed E-state index contributed by atoms with van der Waals surface area (Å²) >= 11 is 0. The van der Waals surface area contributed by atoms with Gasteiger partial charge in [-0.1, -0.05) is 22.9 Å². The van der Waals surface area contributed by atoms with Crippen LogP contribution in [0.4, 0.5) is 0 Å². The molecule has 1 aromatic rings. The van der Waals surface area contributed by atoms with Gasteiger partial charge in [0, 0.05) is 5.57 Å². The second-order valence-electron chi connectivity index (χ2n) is 4.67. The van der Waals surface area contributed by atoms with Crippen LogP contribution in [0.25, 0.3) is 0 Å². The Morgan fingerprint density at radius 3 is 2.30 bits per heavy atom. The topological polar surface area (TPSA) is 55.7 Å².